The number of hydrogen-bond acceptors (Lipinski definition) is 0. The molecule has 5 rings (SSSR count). The van der Waals surface area contributed by atoms with Crippen LogP contribution < -0.4 is 9.41 Å². The van der Waals surface area contributed by atoms with Gasteiger partial charge in [0.15, 0.2) is 0 Å². The van der Waals surface area contributed by atoms with E-state index in [2.05, 4.69) is 91.2 Å². The zero-order valence-corrected chi connectivity index (χ0v) is 20.5. The van der Waals surface area contributed by atoms with Gasteiger partial charge in [0, 0.05) is 0 Å². The summed E-state index contributed by atoms with van der Waals surface area (Å²) in [4.78, 5) is 0. The number of aromatic nitrogens is 1. The Kier molecular flexibility index (Phi) is 7.65. The van der Waals surface area contributed by atoms with Crippen LogP contribution in [-0.4, -0.2) is 4.57 Å². The summed E-state index contributed by atoms with van der Waals surface area (Å²) in [6.45, 7) is 4.56. The topological polar surface area (TPSA) is 4.93 Å². The van der Waals surface area contributed by atoms with E-state index in [9.17, 15) is 0 Å². The van der Waals surface area contributed by atoms with Crippen LogP contribution in [0.5, 0.6) is 0 Å². The van der Waals surface area contributed by atoms with Crippen molar-refractivity contribution in [3.05, 3.63) is 92.4 Å². The van der Waals surface area contributed by atoms with Crippen LogP contribution in [0.4, 0.5) is 0 Å². The van der Waals surface area contributed by atoms with Gasteiger partial charge in [-0.05, 0) is 0 Å². The predicted molar refractivity (Wildman–Crippen MR) is 120 cm³/mol. The molecule has 1 heterocycles. The van der Waals surface area contributed by atoms with Crippen molar-refractivity contribution >= 4 is 22.7 Å². The minimum atomic E-state index is -0.795. The molecule has 0 aliphatic heterocycles. The summed E-state index contributed by atoms with van der Waals surface area (Å²) in [7, 11) is 0. The van der Waals surface area contributed by atoms with E-state index in [-0.39, 0.29) is 9.41 Å². The monoisotopic (exact) mass is 493 g/mol. The molecule has 1 unspecified atom stereocenters. The van der Waals surface area contributed by atoms with Gasteiger partial charge in [0.1, 0.15) is 0 Å². The number of nitrogens with zero attached hydrogens (tertiary/aromatic N) is 1. The molecule has 2 aliphatic carbocycles. The molecule has 0 N–H and O–H groups in total. The second-order valence-electron chi connectivity index (χ2n) is 8.17. The number of unbranched alkanes of at least 4 members (excludes halogenated alkanes) is 1. The zero-order chi connectivity index (χ0) is 19.8. The van der Waals surface area contributed by atoms with Crippen LogP contribution in [0.2, 0.25) is 0 Å². The molecule has 0 amide bonds. The zero-order valence-electron chi connectivity index (χ0n) is 18.0. The number of fused-ring (bicyclic) bond motifs is 2. The molecule has 0 fully saturated rings. The van der Waals surface area contributed by atoms with E-state index in [1.54, 1.807) is 11.1 Å². The molecule has 0 bridgehead atoms. The SMILES string of the molecule is CCCCC1=[C]([Zr+2][CH]2C(n3c(C)cc4ccccc43)=Cc3ccccc32)CC=C1.[F-].[F-]. The summed E-state index contributed by atoms with van der Waals surface area (Å²) in [5.41, 5.74) is 8.84. The predicted octanol–water partition coefficient (Wildman–Crippen LogP) is 1.50. The molecule has 0 saturated carbocycles. The summed E-state index contributed by atoms with van der Waals surface area (Å²) in [5.74, 6) is 0. The maximum atomic E-state index is 2.54. The van der Waals surface area contributed by atoms with Gasteiger partial charge in [-0.1, -0.05) is 0 Å². The molecule has 4 heteroatoms. The number of rotatable bonds is 6. The maximum Gasteiger partial charge on any atom is -1.00 e. The van der Waals surface area contributed by atoms with E-state index in [1.165, 1.54) is 53.5 Å². The molecule has 1 nitrogen and oxygen atoms in total. The van der Waals surface area contributed by atoms with Crippen molar-refractivity contribution in [3.8, 4) is 0 Å². The van der Waals surface area contributed by atoms with Gasteiger partial charge in [0.2, 0.25) is 0 Å². The van der Waals surface area contributed by atoms with Crippen molar-refractivity contribution < 1.29 is 32.6 Å². The van der Waals surface area contributed by atoms with Gasteiger partial charge < -0.3 is 9.41 Å². The van der Waals surface area contributed by atoms with Crippen molar-refractivity contribution in [2.45, 2.75) is 43.2 Å². The van der Waals surface area contributed by atoms with Gasteiger partial charge in [0.05, 0.1) is 0 Å². The van der Waals surface area contributed by atoms with Crippen LogP contribution in [0.1, 0.15) is 53.1 Å². The fourth-order valence-corrected chi connectivity index (χ4v) is 9.08. The molecular weight excluding hydrogens is 468 g/mol. The van der Waals surface area contributed by atoms with Crippen molar-refractivity contribution in [1.29, 1.82) is 0 Å². The molecule has 158 valence electrons. The van der Waals surface area contributed by atoms with Crippen molar-refractivity contribution in [3.63, 3.8) is 0 Å². The third kappa shape index (κ3) is 4.32. The largest absolute Gasteiger partial charge is 1.00 e. The smallest absolute Gasteiger partial charge is 1.00 e. The van der Waals surface area contributed by atoms with Gasteiger partial charge in [0.25, 0.3) is 0 Å². The minimum absolute atomic E-state index is 0. The van der Waals surface area contributed by atoms with E-state index in [1.807, 2.05) is 3.28 Å². The van der Waals surface area contributed by atoms with E-state index in [0.717, 1.165) is 0 Å². The molecule has 0 saturated heterocycles. The Labute approximate surface area is 194 Å². The summed E-state index contributed by atoms with van der Waals surface area (Å²) in [6, 6.07) is 20.3. The van der Waals surface area contributed by atoms with Crippen LogP contribution in [0.3, 0.4) is 0 Å². The molecule has 3 aromatic rings. The van der Waals surface area contributed by atoms with Crippen LogP contribution >= 0.6 is 0 Å². The first-order valence-electron chi connectivity index (χ1n) is 10.8. The maximum absolute atomic E-state index is 2.54. The van der Waals surface area contributed by atoms with E-state index in [0.29, 0.717) is 3.63 Å². The molecule has 31 heavy (non-hydrogen) atoms. The van der Waals surface area contributed by atoms with E-state index < -0.39 is 23.2 Å². The standard InChI is InChI=1S/C18H14N.C9H13.2FH.Zr/c1-13-10-16-8-4-5-9-18(16)19(13)17-11-14-6-2-3-7-15(14)12-17;1-2-3-6-9-7-4-5-8-9;;;/h2-12H,1H3;4,7H,2-3,5-6H2,1H3;2*1H;/q;;;;+2/p-2. The summed E-state index contributed by atoms with van der Waals surface area (Å²) in [5, 5.41) is 1.34. The molecule has 1 atom stereocenters. The number of benzene rings is 2. The quantitative estimate of drug-likeness (QED) is 0.490. The Morgan fingerprint density at radius 2 is 1.81 bits per heavy atom. The normalized spacial score (nSPS) is 16.6. The average Bonchev–Trinajstić information content (AvgIpc) is 3.42. The Morgan fingerprint density at radius 1 is 1.03 bits per heavy atom. The summed E-state index contributed by atoms with van der Waals surface area (Å²) in [6.07, 6.45) is 12.4. The third-order valence-corrected chi connectivity index (χ3v) is 10.6. The summed E-state index contributed by atoms with van der Waals surface area (Å²) >= 11 is -0.795. The second-order valence-corrected chi connectivity index (χ2v) is 11.8. The molecule has 2 aromatic carbocycles. The molecule has 1 aromatic heterocycles. The average molecular weight is 495 g/mol. The number of para-hydroxylation sites is 1. The van der Waals surface area contributed by atoms with Gasteiger partial charge >= 0.3 is 186 Å². The Bertz CT molecular complexity index is 1170. The Balaban J connectivity index is 0.00000136. The first-order valence-corrected chi connectivity index (χ1v) is 13.4. The van der Waals surface area contributed by atoms with Gasteiger partial charge in [-0.2, -0.15) is 0 Å². The first kappa shape index (κ1) is 23.6. The van der Waals surface area contributed by atoms with E-state index >= 15 is 0 Å². The molecule has 0 spiro atoms. The molecular formula is C27H27F2NZr. The number of allylic oxidation sites excluding steroid dienone is 5. The van der Waals surface area contributed by atoms with Crippen LogP contribution in [0, 0.1) is 6.92 Å². The minimum Gasteiger partial charge on any atom is -1.00 e. The van der Waals surface area contributed by atoms with Crippen molar-refractivity contribution in [2.24, 2.45) is 0 Å². The molecule has 0 radical (unpaired) electrons. The Morgan fingerprint density at radius 3 is 2.65 bits per heavy atom. The molecule has 2 aliphatic rings. The summed E-state index contributed by atoms with van der Waals surface area (Å²) < 4.78 is 4.94. The van der Waals surface area contributed by atoms with Crippen LogP contribution in [-0.2, 0) is 23.2 Å². The third-order valence-electron chi connectivity index (χ3n) is 6.21. The van der Waals surface area contributed by atoms with Gasteiger partial charge in [-0.25, -0.2) is 0 Å². The second kappa shape index (κ2) is 10.0. The Hall–Kier alpha value is -2.06. The number of hydrogen-bond donors (Lipinski definition) is 0. The fraction of sp³-hybridized carbons (Fsp3) is 0.259. The number of halogens is 2. The van der Waals surface area contributed by atoms with Crippen molar-refractivity contribution in [1.82, 2.24) is 4.57 Å². The van der Waals surface area contributed by atoms with Crippen LogP contribution in [0.15, 0.2) is 75.6 Å². The first-order chi connectivity index (χ1) is 14.3. The van der Waals surface area contributed by atoms with Crippen molar-refractivity contribution in [2.75, 3.05) is 0 Å². The van der Waals surface area contributed by atoms with Crippen LogP contribution in [0.25, 0.3) is 22.7 Å². The number of aryl methyl sites for hydroxylation is 1. The van der Waals surface area contributed by atoms with Gasteiger partial charge in [-0.15, -0.1) is 0 Å². The van der Waals surface area contributed by atoms with E-state index in [4.69, 9.17) is 0 Å². The van der Waals surface area contributed by atoms with Gasteiger partial charge in [-0.3, -0.25) is 0 Å². The fourth-order valence-electron chi connectivity index (χ4n) is 4.77.